The topological polar surface area (TPSA) is 60.9 Å². The minimum Gasteiger partial charge on any atom is -0.395 e. The molecule has 0 aromatic heterocycles. The molecule has 1 unspecified atom stereocenters. The normalized spacial score (nSPS) is 23.4. The number of alkyl halides is 3. The van der Waals surface area contributed by atoms with E-state index in [0.717, 1.165) is 33.1 Å². The van der Waals surface area contributed by atoms with Gasteiger partial charge in [-0.15, -0.1) is 0 Å². The Hall–Kier alpha value is -2.40. The smallest absolute Gasteiger partial charge is 0.395 e. The number of aliphatic hydroxyl groups is 1. The molecule has 0 aliphatic carbocycles. The van der Waals surface area contributed by atoms with Crippen molar-refractivity contribution in [1.29, 1.82) is 0 Å². The first-order chi connectivity index (χ1) is 18.5. The molecular formula is C28H25Cl2F3N2O3S. The van der Waals surface area contributed by atoms with E-state index in [-0.39, 0.29) is 37.7 Å². The van der Waals surface area contributed by atoms with Crippen molar-refractivity contribution in [2.45, 2.75) is 29.1 Å². The van der Waals surface area contributed by atoms with Crippen LogP contribution in [0.2, 0.25) is 10.0 Å². The molecule has 11 heteroatoms. The van der Waals surface area contributed by atoms with Crippen LogP contribution in [0.4, 0.5) is 13.2 Å². The van der Waals surface area contributed by atoms with Gasteiger partial charge in [0.25, 0.3) is 0 Å². The summed E-state index contributed by atoms with van der Waals surface area (Å²) in [5, 5.41) is 11.1. The van der Waals surface area contributed by atoms with E-state index < -0.39 is 26.7 Å². The van der Waals surface area contributed by atoms with Crippen LogP contribution in [-0.4, -0.2) is 61.1 Å². The third kappa shape index (κ3) is 5.24. The maximum Gasteiger partial charge on any atom is 0.417 e. The van der Waals surface area contributed by atoms with Crippen molar-refractivity contribution >= 4 is 33.2 Å². The Morgan fingerprint density at radius 3 is 2.31 bits per heavy atom. The van der Waals surface area contributed by atoms with Crippen molar-refractivity contribution < 1.29 is 26.7 Å². The van der Waals surface area contributed by atoms with Crippen LogP contribution >= 0.6 is 23.2 Å². The SMILES string of the molecule is O=S(=O)(c1ccccc1C(F)(F)F)N1C/C=C\CN2[C@H](CO)C(c3ccc(-c4cccc(Cl)c4Cl)cc3)[C@@H]2C1. The maximum absolute atomic E-state index is 13.7. The largest absolute Gasteiger partial charge is 0.417 e. The van der Waals surface area contributed by atoms with E-state index in [1.807, 2.05) is 35.2 Å². The second-order valence-electron chi connectivity index (χ2n) is 9.55. The number of fused-ring (bicyclic) bond motifs is 1. The zero-order valence-electron chi connectivity index (χ0n) is 20.5. The zero-order chi connectivity index (χ0) is 27.9. The van der Waals surface area contributed by atoms with Crippen LogP contribution in [0.15, 0.2) is 83.8 Å². The number of aliphatic hydroxyl groups excluding tert-OH is 1. The second-order valence-corrected chi connectivity index (χ2v) is 12.2. The summed E-state index contributed by atoms with van der Waals surface area (Å²) in [5.41, 5.74) is 1.30. The molecule has 0 radical (unpaired) electrons. The molecule has 206 valence electrons. The lowest BCUT2D eigenvalue weighted by Gasteiger charge is -2.56. The van der Waals surface area contributed by atoms with Crippen LogP contribution in [0.5, 0.6) is 0 Å². The molecule has 0 saturated carbocycles. The lowest BCUT2D eigenvalue weighted by Crippen LogP contribution is -2.67. The van der Waals surface area contributed by atoms with Crippen LogP contribution < -0.4 is 0 Å². The first-order valence-electron chi connectivity index (χ1n) is 12.3. The summed E-state index contributed by atoms with van der Waals surface area (Å²) in [6.45, 7) is 0.264. The molecule has 1 N–H and O–H groups in total. The molecule has 0 spiro atoms. The number of sulfonamides is 1. The quantitative estimate of drug-likeness (QED) is 0.363. The number of nitrogens with zero attached hydrogens (tertiary/aromatic N) is 2. The van der Waals surface area contributed by atoms with E-state index >= 15 is 0 Å². The van der Waals surface area contributed by atoms with Gasteiger partial charge in [0.15, 0.2) is 0 Å². The Morgan fingerprint density at radius 2 is 1.62 bits per heavy atom. The van der Waals surface area contributed by atoms with Gasteiger partial charge >= 0.3 is 6.18 Å². The van der Waals surface area contributed by atoms with Crippen molar-refractivity contribution in [3.63, 3.8) is 0 Å². The standard InChI is InChI=1S/C28H25Cl2F3N2O3S/c29-22-8-5-6-20(27(22)30)18-10-12-19(13-11-18)26-23-16-34(14-3-4-15-35(23)24(26)17-36)39(37,38)25-9-2-1-7-21(25)28(31,32)33/h1-13,23-24,26,36H,14-17H2/b4-3-/t23-,24+,26?/m0/s1. The van der Waals surface area contributed by atoms with Gasteiger partial charge in [-0.2, -0.15) is 17.5 Å². The summed E-state index contributed by atoms with van der Waals surface area (Å²) in [5.74, 6) is -0.235. The third-order valence-electron chi connectivity index (χ3n) is 7.42. The average Bonchev–Trinajstić information content (AvgIpc) is 2.89. The fraction of sp³-hybridized carbons (Fsp3) is 0.286. The Kier molecular flexibility index (Phi) is 7.85. The minimum atomic E-state index is -4.82. The highest BCUT2D eigenvalue weighted by Crippen LogP contribution is 2.43. The Balaban J connectivity index is 1.47. The molecule has 5 rings (SSSR count). The van der Waals surface area contributed by atoms with E-state index in [0.29, 0.717) is 16.6 Å². The Labute approximate surface area is 235 Å². The molecule has 1 fully saturated rings. The number of hydrogen-bond acceptors (Lipinski definition) is 4. The first kappa shape index (κ1) is 28.1. The van der Waals surface area contributed by atoms with Crippen molar-refractivity contribution in [1.82, 2.24) is 9.21 Å². The summed E-state index contributed by atoms with van der Waals surface area (Å²) in [4.78, 5) is 1.22. The third-order valence-corrected chi connectivity index (χ3v) is 10.1. The minimum absolute atomic E-state index is 0.0259. The van der Waals surface area contributed by atoms with E-state index in [1.54, 1.807) is 24.3 Å². The van der Waals surface area contributed by atoms with E-state index in [4.69, 9.17) is 23.2 Å². The number of halogens is 5. The van der Waals surface area contributed by atoms with Crippen LogP contribution in [-0.2, 0) is 16.2 Å². The summed E-state index contributed by atoms with van der Waals surface area (Å²) >= 11 is 12.5. The van der Waals surface area contributed by atoms with E-state index in [2.05, 4.69) is 0 Å². The van der Waals surface area contributed by atoms with Gasteiger partial charge in [-0.05, 0) is 29.3 Å². The molecule has 39 heavy (non-hydrogen) atoms. The van der Waals surface area contributed by atoms with Gasteiger partial charge in [-0.1, -0.05) is 83.9 Å². The van der Waals surface area contributed by atoms with Gasteiger partial charge in [0.05, 0.1) is 27.1 Å². The lowest BCUT2D eigenvalue weighted by molar-refractivity contribution is -0.139. The van der Waals surface area contributed by atoms with Crippen molar-refractivity contribution in [3.8, 4) is 11.1 Å². The summed E-state index contributed by atoms with van der Waals surface area (Å²) in [6, 6.07) is 16.6. The van der Waals surface area contributed by atoms with Crippen molar-refractivity contribution in [2.24, 2.45) is 0 Å². The second kappa shape index (κ2) is 10.9. The molecule has 3 aromatic carbocycles. The number of benzene rings is 3. The van der Waals surface area contributed by atoms with Gasteiger partial charge in [-0.3, -0.25) is 4.90 Å². The van der Waals surface area contributed by atoms with Crippen molar-refractivity contribution in [3.05, 3.63) is 100 Å². The Bertz CT molecular complexity index is 1500. The lowest BCUT2D eigenvalue weighted by atomic mass is 9.74. The molecule has 2 aliphatic rings. The van der Waals surface area contributed by atoms with Crippen LogP contribution in [0.25, 0.3) is 11.1 Å². The molecule has 3 aromatic rings. The van der Waals surface area contributed by atoms with Gasteiger partial charge in [0, 0.05) is 43.2 Å². The fourth-order valence-electron chi connectivity index (χ4n) is 5.51. The number of hydrogen-bond donors (Lipinski definition) is 1. The predicted molar refractivity (Wildman–Crippen MR) is 145 cm³/mol. The van der Waals surface area contributed by atoms with Crippen LogP contribution in [0, 0.1) is 0 Å². The summed E-state index contributed by atoms with van der Waals surface area (Å²) in [6.07, 6.45) is -1.40. The molecule has 0 amide bonds. The van der Waals surface area contributed by atoms with E-state index in [9.17, 15) is 26.7 Å². The van der Waals surface area contributed by atoms with E-state index in [1.165, 1.54) is 12.1 Å². The van der Waals surface area contributed by atoms with Gasteiger partial charge in [0.1, 0.15) is 0 Å². The van der Waals surface area contributed by atoms with Crippen molar-refractivity contribution in [2.75, 3.05) is 26.2 Å². The first-order valence-corrected chi connectivity index (χ1v) is 14.5. The number of rotatable bonds is 5. The monoisotopic (exact) mass is 596 g/mol. The highest BCUT2D eigenvalue weighted by molar-refractivity contribution is 7.89. The molecule has 3 atom stereocenters. The fourth-order valence-corrected chi connectivity index (χ4v) is 7.54. The summed E-state index contributed by atoms with van der Waals surface area (Å²) in [7, 11) is -4.47. The Morgan fingerprint density at radius 1 is 0.923 bits per heavy atom. The molecule has 5 nitrogen and oxygen atoms in total. The van der Waals surface area contributed by atoms with Crippen LogP contribution in [0.3, 0.4) is 0 Å². The van der Waals surface area contributed by atoms with Gasteiger partial charge in [-0.25, -0.2) is 8.42 Å². The molecule has 1 saturated heterocycles. The van der Waals surface area contributed by atoms with Crippen LogP contribution in [0.1, 0.15) is 17.0 Å². The van der Waals surface area contributed by atoms with Gasteiger partial charge in [0.2, 0.25) is 10.0 Å². The molecule has 2 heterocycles. The molecular weight excluding hydrogens is 572 g/mol. The zero-order valence-corrected chi connectivity index (χ0v) is 22.9. The summed E-state index contributed by atoms with van der Waals surface area (Å²) < 4.78 is 69.2. The average molecular weight is 597 g/mol. The maximum atomic E-state index is 13.7. The molecule has 0 bridgehead atoms. The highest BCUT2D eigenvalue weighted by atomic mass is 35.5. The predicted octanol–water partition coefficient (Wildman–Crippen LogP) is 6.07. The molecule has 2 aliphatic heterocycles. The van der Waals surface area contributed by atoms with Gasteiger partial charge < -0.3 is 5.11 Å². The highest BCUT2D eigenvalue weighted by Gasteiger charge is 2.50.